The van der Waals surface area contributed by atoms with Gasteiger partial charge in [0.1, 0.15) is 5.75 Å². The second kappa shape index (κ2) is 8.94. The highest BCUT2D eigenvalue weighted by atomic mass is 16.5. The normalized spacial score (nSPS) is 20.5. The fourth-order valence-corrected chi connectivity index (χ4v) is 4.60. The minimum absolute atomic E-state index is 0.0140. The van der Waals surface area contributed by atoms with Gasteiger partial charge in [0.2, 0.25) is 11.7 Å². The first-order valence-electron chi connectivity index (χ1n) is 10.7. The highest BCUT2D eigenvalue weighted by Gasteiger charge is 2.38. The number of carbonyl (C=O) groups is 2. The van der Waals surface area contributed by atoms with Gasteiger partial charge in [-0.3, -0.25) is 9.59 Å². The maximum Gasteiger partial charge on any atom is 0.225 e. The van der Waals surface area contributed by atoms with Gasteiger partial charge in [0.25, 0.3) is 0 Å². The Balaban J connectivity index is 1.69. The van der Waals surface area contributed by atoms with Gasteiger partial charge in [0.15, 0.2) is 17.3 Å². The molecule has 2 aliphatic rings. The predicted octanol–water partition coefficient (Wildman–Crippen LogP) is 3.81. The van der Waals surface area contributed by atoms with Gasteiger partial charge in [-0.1, -0.05) is 12.1 Å². The van der Waals surface area contributed by atoms with Crippen molar-refractivity contribution in [3.8, 4) is 23.0 Å². The van der Waals surface area contributed by atoms with Crippen LogP contribution in [0.3, 0.4) is 0 Å². The van der Waals surface area contributed by atoms with E-state index in [0.717, 1.165) is 11.3 Å². The summed E-state index contributed by atoms with van der Waals surface area (Å²) in [4.78, 5) is 25.9. The molecule has 0 bridgehead atoms. The summed E-state index contributed by atoms with van der Waals surface area (Å²) < 4.78 is 16.0. The van der Waals surface area contributed by atoms with Gasteiger partial charge >= 0.3 is 0 Å². The molecule has 0 aromatic heterocycles. The third-order valence-corrected chi connectivity index (χ3v) is 6.10. The van der Waals surface area contributed by atoms with E-state index in [4.69, 9.17) is 14.2 Å². The highest BCUT2D eigenvalue weighted by molar-refractivity contribution is 6.02. The summed E-state index contributed by atoms with van der Waals surface area (Å²) in [5.74, 6) is 0.598. The van der Waals surface area contributed by atoms with Gasteiger partial charge in [-0.2, -0.15) is 0 Å². The Bertz CT molecular complexity index is 1050. The Kier molecular flexibility index (Phi) is 6.08. The first-order chi connectivity index (χ1) is 15.4. The fourth-order valence-electron chi connectivity index (χ4n) is 4.60. The average molecular weight is 437 g/mol. The van der Waals surface area contributed by atoms with E-state index in [1.165, 1.54) is 14.2 Å². The smallest absolute Gasteiger partial charge is 0.225 e. The first-order valence-corrected chi connectivity index (χ1v) is 10.7. The van der Waals surface area contributed by atoms with Crippen LogP contribution in [0.25, 0.3) is 0 Å². The zero-order valence-electron chi connectivity index (χ0n) is 18.4. The van der Waals surface area contributed by atoms with E-state index in [9.17, 15) is 14.7 Å². The predicted molar refractivity (Wildman–Crippen MR) is 118 cm³/mol. The van der Waals surface area contributed by atoms with Crippen LogP contribution in [0.5, 0.6) is 23.0 Å². The number of ether oxygens (including phenoxy) is 3. The third kappa shape index (κ3) is 4.02. The molecule has 7 heteroatoms. The molecule has 4 rings (SSSR count). The lowest BCUT2D eigenvalue weighted by atomic mass is 9.73. The number of phenolic OH excluding ortho intramolecular Hbond substituents is 1. The van der Waals surface area contributed by atoms with Gasteiger partial charge in [-0.25, -0.2) is 0 Å². The Morgan fingerprint density at radius 1 is 0.969 bits per heavy atom. The van der Waals surface area contributed by atoms with Gasteiger partial charge in [-0.15, -0.1) is 0 Å². The van der Waals surface area contributed by atoms with E-state index >= 15 is 0 Å². The molecular formula is C25H27NO6. The molecule has 0 saturated carbocycles. The van der Waals surface area contributed by atoms with Crippen molar-refractivity contribution in [1.82, 2.24) is 5.32 Å². The number of Topliss-reactive ketones (excluding diaryl/α,β-unsaturated/α-hetero) is 1. The van der Waals surface area contributed by atoms with Crippen LogP contribution in [-0.2, 0) is 9.59 Å². The Hall–Kier alpha value is -3.48. The maximum absolute atomic E-state index is 13.3. The number of benzene rings is 2. The maximum atomic E-state index is 13.3. The number of nitrogens with one attached hydrogen (secondary N) is 1. The van der Waals surface area contributed by atoms with Crippen LogP contribution in [0.15, 0.2) is 47.7 Å². The lowest BCUT2D eigenvalue weighted by molar-refractivity contribution is -0.122. The molecule has 2 N–H and O–H groups in total. The minimum Gasteiger partial charge on any atom is -0.502 e. The molecular weight excluding hydrogens is 410 g/mol. The van der Waals surface area contributed by atoms with E-state index in [0.29, 0.717) is 36.3 Å². The van der Waals surface area contributed by atoms with E-state index in [2.05, 4.69) is 5.32 Å². The van der Waals surface area contributed by atoms with E-state index in [1.807, 2.05) is 31.2 Å². The topological polar surface area (TPSA) is 94.1 Å². The monoisotopic (exact) mass is 437 g/mol. The zero-order valence-corrected chi connectivity index (χ0v) is 18.4. The summed E-state index contributed by atoms with van der Waals surface area (Å²) in [6, 6.07) is 11.1. The average Bonchev–Trinajstić information content (AvgIpc) is 2.79. The molecule has 7 nitrogen and oxygen atoms in total. The number of allylic oxidation sites excluding steroid dienone is 2. The Labute approximate surface area is 187 Å². The van der Waals surface area contributed by atoms with Gasteiger partial charge in [0.05, 0.1) is 20.8 Å². The molecule has 0 radical (unpaired) electrons. The third-order valence-electron chi connectivity index (χ3n) is 6.10. The van der Waals surface area contributed by atoms with Crippen molar-refractivity contribution in [1.29, 1.82) is 0 Å². The van der Waals surface area contributed by atoms with Gasteiger partial charge < -0.3 is 24.6 Å². The van der Waals surface area contributed by atoms with Crippen LogP contribution in [0.2, 0.25) is 0 Å². The highest BCUT2D eigenvalue weighted by Crippen LogP contribution is 2.46. The summed E-state index contributed by atoms with van der Waals surface area (Å²) in [5, 5.41) is 13.2. The second-order valence-electron chi connectivity index (χ2n) is 8.00. The van der Waals surface area contributed by atoms with E-state index in [1.54, 1.807) is 12.1 Å². The summed E-state index contributed by atoms with van der Waals surface area (Å²) in [6.45, 7) is 2.53. The van der Waals surface area contributed by atoms with E-state index in [-0.39, 0.29) is 41.3 Å². The number of hydrogen-bond acceptors (Lipinski definition) is 6. The number of carbonyl (C=O) groups excluding carboxylic acids is 2. The summed E-state index contributed by atoms with van der Waals surface area (Å²) in [7, 11) is 2.90. The van der Waals surface area contributed by atoms with Crippen molar-refractivity contribution in [2.24, 2.45) is 0 Å². The SMILES string of the molecule is CCOc1ccc(C2CC(=O)C3=C(C2)NC(=O)CC3c2cc(OC)c(O)c(OC)c2)cc1. The molecule has 32 heavy (non-hydrogen) atoms. The van der Waals surface area contributed by atoms with E-state index < -0.39 is 5.92 Å². The van der Waals surface area contributed by atoms with Crippen molar-refractivity contribution in [3.05, 3.63) is 58.8 Å². The fraction of sp³-hybridized carbons (Fsp3) is 0.360. The summed E-state index contributed by atoms with van der Waals surface area (Å²) >= 11 is 0. The zero-order chi connectivity index (χ0) is 22.8. The summed E-state index contributed by atoms with van der Waals surface area (Å²) in [5.41, 5.74) is 3.04. The molecule has 2 unspecified atom stereocenters. The molecule has 2 aromatic carbocycles. The molecule has 0 fully saturated rings. The number of ketones is 1. The van der Waals surface area contributed by atoms with Crippen LogP contribution in [0, 0.1) is 0 Å². The molecule has 2 atom stereocenters. The molecule has 168 valence electrons. The molecule has 1 aliphatic heterocycles. The van der Waals surface area contributed by atoms with Crippen LogP contribution in [0.1, 0.15) is 49.1 Å². The lowest BCUT2D eigenvalue weighted by Crippen LogP contribution is -2.38. The van der Waals surface area contributed by atoms with Crippen LogP contribution < -0.4 is 19.5 Å². The molecule has 1 amide bonds. The van der Waals surface area contributed by atoms with Crippen molar-refractivity contribution in [2.75, 3.05) is 20.8 Å². The number of amides is 1. The van der Waals surface area contributed by atoms with Gasteiger partial charge in [-0.05, 0) is 54.7 Å². The Morgan fingerprint density at radius 2 is 1.62 bits per heavy atom. The number of methoxy groups -OCH3 is 2. The summed E-state index contributed by atoms with van der Waals surface area (Å²) in [6.07, 6.45) is 1.09. The standard InChI is InChI=1S/C25H27NO6/c1-4-32-17-7-5-14(6-8-17)15-9-19-24(20(27)10-15)18(13-23(28)26-19)16-11-21(30-2)25(29)22(12-16)31-3/h5-8,11-12,15,18,29H,4,9-10,13H2,1-3H3,(H,26,28). The molecule has 1 aliphatic carbocycles. The molecule has 2 aromatic rings. The number of rotatable bonds is 6. The van der Waals surface area contributed by atoms with Crippen LogP contribution in [0.4, 0.5) is 0 Å². The van der Waals surface area contributed by atoms with Crippen molar-refractivity contribution in [2.45, 2.75) is 38.0 Å². The first kappa shape index (κ1) is 21.7. The van der Waals surface area contributed by atoms with Crippen molar-refractivity contribution in [3.63, 3.8) is 0 Å². The molecule has 1 heterocycles. The second-order valence-corrected chi connectivity index (χ2v) is 8.00. The number of hydrogen-bond donors (Lipinski definition) is 2. The largest absolute Gasteiger partial charge is 0.502 e. The molecule has 0 spiro atoms. The molecule has 0 saturated heterocycles. The van der Waals surface area contributed by atoms with Crippen LogP contribution >= 0.6 is 0 Å². The number of aromatic hydroxyl groups is 1. The van der Waals surface area contributed by atoms with Crippen molar-refractivity contribution < 1.29 is 28.9 Å². The van der Waals surface area contributed by atoms with Gasteiger partial charge in [0, 0.05) is 30.0 Å². The minimum atomic E-state index is -0.420. The van der Waals surface area contributed by atoms with Crippen LogP contribution in [-0.4, -0.2) is 37.6 Å². The van der Waals surface area contributed by atoms with Crippen molar-refractivity contribution >= 4 is 11.7 Å². The quantitative estimate of drug-likeness (QED) is 0.714. The lowest BCUT2D eigenvalue weighted by Gasteiger charge is -2.34. The number of phenols is 1. The Morgan fingerprint density at radius 3 is 2.22 bits per heavy atom.